The van der Waals surface area contributed by atoms with Crippen molar-refractivity contribution in [3.05, 3.63) is 18.9 Å². The zero-order valence-electron chi connectivity index (χ0n) is 2.49. The Kier molecular flexibility index (Phi) is 45.2. The highest BCUT2D eigenvalue weighted by Crippen LogP contribution is 1.16. The third kappa shape index (κ3) is 3.15. The molecule has 0 spiro atoms. The molecule has 0 fully saturated rings. The summed E-state index contributed by atoms with van der Waals surface area (Å²) < 4.78 is 0. The van der Waals surface area contributed by atoms with E-state index >= 15 is 0 Å². The van der Waals surface area contributed by atoms with Gasteiger partial charge in [-0.15, -0.1) is 5.73 Å². The highest BCUT2D eigenvalue weighted by atomic mass is 13.0. The summed E-state index contributed by atoms with van der Waals surface area (Å²) in [5, 5.41) is 0. The average Bonchev–Trinajstić information content (AvgIpc) is 0.918. The second kappa shape index (κ2) is 19.0. The maximum Gasteiger partial charge on any atom is 0 e. The van der Waals surface area contributed by atoms with Gasteiger partial charge in [-0.25, -0.2) is 0 Å². The first-order chi connectivity index (χ1) is 1.41. The lowest BCUT2D eigenvalue weighted by Gasteiger charge is -1.10. The van der Waals surface area contributed by atoms with E-state index in [1.807, 2.05) is 0 Å². The highest BCUT2D eigenvalue weighted by molar-refractivity contribution is 5.75. The molecular formula is C3H4B. The maximum atomic E-state index is 3.12. The number of hydrogen-bond donors (Lipinski definition) is 0. The van der Waals surface area contributed by atoms with E-state index in [4.69, 9.17) is 0 Å². The molecule has 0 unspecified atom stereocenters. The molecule has 1 heteroatoms. The highest BCUT2D eigenvalue weighted by Gasteiger charge is 0.904. The van der Waals surface area contributed by atoms with Crippen LogP contribution in [0.2, 0.25) is 0 Å². The molecule has 0 aliphatic rings. The molecule has 0 atom stereocenters. The van der Waals surface area contributed by atoms with E-state index in [1.165, 1.54) is 0 Å². The summed E-state index contributed by atoms with van der Waals surface area (Å²) in [7, 11) is 0. The molecule has 19 valence electrons. The van der Waals surface area contributed by atoms with Crippen LogP contribution >= 0.6 is 0 Å². The Labute approximate surface area is 28.4 Å². The van der Waals surface area contributed by atoms with Crippen molar-refractivity contribution in [2.45, 2.75) is 0 Å². The van der Waals surface area contributed by atoms with E-state index in [9.17, 15) is 0 Å². The van der Waals surface area contributed by atoms with Gasteiger partial charge in [0.15, 0.2) is 0 Å². The van der Waals surface area contributed by atoms with Gasteiger partial charge in [0.2, 0.25) is 0 Å². The Balaban J connectivity index is 0. The molecule has 0 nitrogen and oxygen atoms in total. The van der Waals surface area contributed by atoms with Gasteiger partial charge in [-0.1, -0.05) is 13.2 Å². The zero-order chi connectivity index (χ0) is 2.71. The third-order valence-electron chi connectivity index (χ3n) is 0. The predicted molar refractivity (Wildman–Crippen MR) is 20.5 cm³/mol. The normalized spacial score (nSPS) is 2.00. The molecule has 0 N–H and O–H groups in total. The summed E-state index contributed by atoms with van der Waals surface area (Å²) in [6.07, 6.45) is 0. The minimum absolute atomic E-state index is 0. The van der Waals surface area contributed by atoms with Crippen molar-refractivity contribution in [1.29, 1.82) is 0 Å². The van der Waals surface area contributed by atoms with Gasteiger partial charge >= 0.3 is 0 Å². The summed E-state index contributed by atoms with van der Waals surface area (Å²) in [6.45, 7) is 6.25. The first-order valence-electron chi connectivity index (χ1n) is 0.707. The summed E-state index contributed by atoms with van der Waals surface area (Å²) in [6, 6.07) is 0. The van der Waals surface area contributed by atoms with E-state index in [-0.39, 0.29) is 8.41 Å². The van der Waals surface area contributed by atoms with Crippen LogP contribution in [0.15, 0.2) is 18.9 Å². The Morgan fingerprint density at radius 2 is 1.25 bits per heavy atom. The van der Waals surface area contributed by atoms with Crippen molar-refractivity contribution in [1.82, 2.24) is 0 Å². The topological polar surface area (TPSA) is 0 Å². The molecule has 0 bridgehead atoms. The van der Waals surface area contributed by atoms with Crippen LogP contribution in [0.1, 0.15) is 0 Å². The predicted octanol–water partition coefficient (Wildman–Crippen LogP) is 0.576. The monoisotopic (exact) mass is 51.0 g/mol. The maximum absolute atomic E-state index is 3.12. The molecule has 0 aromatic rings. The molecule has 0 rings (SSSR count). The third-order valence-corrected chi connectivity index (χ3v) is 0. The molecule has 0 saturated heterocycles. The van der Waals surface area contributed by atoms with Crippen LogP contribution in [-0.4, -0.2) is 8.41 Å². The molecule has 0 aliphatic heterocycles. The van der Waals surface area contributed by atoms with Crippen molar-refractivity contribution in [2.75, 3.05) is 0 Å². The second-order valence-corrected chi connectivity index (χ2v) is 0.250. The summed E-state index contributed by atoms with van der Waals surface area (Å²) >= 11 is 0. The Bertz CT molecular complexity index is 24.3. The van der Waals surface area contributed by atoms with Crippen LogP contribution in [0.4, 0.5) is 0 Å². The Morgan fingerprint density at radius 1 is 1.25 bits per heavy atom. The van der Waals surface area contributed by atoms with Gasteiger partial charge in [-0.05, 0) is 0 Å². The van der Waals surface area contributed by atoms with E-state index in [0.29, 0.717) is 0 Å². The van der Waals surface area contributed by atoms with Crippen molar-refractivity contribution >= 4 is 8.41 Å². The van der Waals surface area contributed by atoms with E-state index in [1.54, 1.807) is 0 Å². The molecule has 0 aromatic carbocycles. The van der Waals surface area contributed by atoms with Crippen LogP contribution in [0, 0.1) is 0 Å². The minimum Gasteiger partial charge on any atom is -0.137 e. The Morgan fingerprint density at radius 3 is 1.25 bits per heavy atom. The SMILES string of the molecule is C=C=C.[B]. The molecule has 0 saturated carbocycles. The van der Waals surface area contributed by atoms with Gasteiger partial charge in [-0.3, -0.25) is 0 Å². The largest absolute Gasteiger partial charge is 0.137 e. The van der Waals surface area contributed by atoms with Crippen LogP contribution in [0.25, 0.3) is 0 Å². The van der Waals surface area contributed by atoms with Crippen LogP contribution in [0.3, 0.4) is 0 Å². The lowest BCUT2D eigenvalue weighted by atomic mass is 10.8. The number of rotatable bonds is 0. The summed E-state index contributed by atoms with van der Waals surface area (Å²) in [5.74, 6) is 0. The zero-order valence-corrected chi connectivity index (χ0v) is 2.49. The van der Waals surface area contributed by atoms with E-state index in [0.717, 1.165) is 0 Å². The van der Waals surface area contributed by atoms with Crippen LogP contribution < -0.4 is 0 Å². The molecule has 0 heterocycles. The van der Waals surface area contributed by atoms with Gasteiger partial charge in [0.25, 0.3) is 0 Å². The quantitative estimate of drug-likeness (QED) is 0.279. The fraction of sp³-hybridized carbons (Fsp3) is 0. The molecule has 3 radical (unpaired) electrons. The van der Waals surface area contributed by atoms with Crippen molar-refractivity contribution in [2.24, 2.45) is 0 Å². The first kappa shape index (κ1) is 9.54. The molecule has 0 aliphatic carbocycles. The second-order valence-electron chi connectivity index (χ2n) is 0.250. The average molecular weight is 50.9 g/mol. The van der Waals surface area contributed by atoms with Crippen LogP contribution in [-0.2, 0) is 0 Å². The first-order valence-corrected chi connectivity index (χ1v) is 0.707. The van der Waals surface area contributed by atoms with Gasteiger partial charge < -0.3 is 0 Å². The molecule has 0 aromatic heterocycles. The van der Waals surface area contributed by atoms with E-state index in [2.05, 4.69) is 18.9 Å². The standard InChI is InChI=1S/C3H4.B/c1-3-2;/h1-2H2;. The lowest BCUT2D eigenvalue weighted by Crippen LogP contribution is -0.844. The van der Waals surface area contributed by atoms with Gasteiger partial charge in [0.05, 0.1) is 0 Å². The van der Waals surface area contributed by atoms with Gasteiger partial charge in [0.1, 0.15) is 0 Å². The Hall–Kier alpha value is -0.415. The van der Waals surface area contributed by atoms with Crippen molar-refractivity contribution in [3.63, 3.8) is 0 Å². The van der Waals surface area contributed by atoms with Crippen molar-refractivity contribution < 1.29 is 0 Å². The lowest BCUT2D eigenvalue weighted by molar-refractivity contribution is 2.51. The fourth-order valence-corrected chi connectivity index (χ4v) is 0. The smallest absolute Gasteiger partial charge is 0 e. The van der Waals surface area contributed by atoms with Crippen molar-refractivity contribution in [3.8, 4) is 0 Å². The summed E-state index contributed by atoms with van der Waals surface area (Å²) in [5.41, 5.74) is 2.25. The number of hydrogen-bond acceptors (Lipinski definition) is 0. The molecule has 4 heavy (non-hydrogen) atoms. The molecule has 0 amide bonds. The summed E-state index contributed by atoms with van der Waals surface area (Å²) in [4.78, 5) is 0. The van der Waals surface area contributed by atoms with Gasteiger partial charge in [-0.2, -0.15) is 0 Å². The fourth-order valence-electron chi connectivity index (χ4n) is 0. The minimum atomic E-state index is 0. The molecular weight excluding hydrogens is 46.8 g/mol. The van der Waals surface area contributed by atoms with Crippen LogP contribution in [0.5, 0.6) is 0 Å². The van der Waals surface area contributed by atoms with Gasteiger partial charge in [0, 0.05) is 8.41 Å². The van der Waals surface area contributed by atoms with E-state index < -0.39 is 0 Å².